The zero-order valence-corrected chi connectivity index (χ0v) is 35.7. The van der Waals surface area contributed by atoms with Crippen LogP contribution in [-0.2, 0) is 21.1 Å². The quantitative estimate of drug-likeness (QED) is 0.135. The molecule has 10 aromatic rings. The van der Waals surface area contributed by atoms with Crippen LogP contribution in [0.15, 0.2) is 182 Å². The molecule has 0 saturated heterocycles. The van der Waals surface area contributed by atoms with E-state index in [1.54, 1.807) is 0 Å². The van der Waals surface area contributed by atoms with Crippen LogP contribution >= 0.6 is 0 Å². The van der Waals surface area contributed by atoms with Crippen LogP contribution in [-0.4, -0.2) is 19.3 Å². The minimum absolute atomic E-state index is 0. The Morgan fingerprint density at radius 1 is 0.550 bits per heavy atom. The molecule has 0 amide bonds. The molecule has 0 radical (unpaired) electrons. The van der Waals surface area contributed by atoms with Crippen molar-refractivity contribution in [1.82, 2.24) is 19.3 Å². The molecule has 7 aromatic carbocycles. The first-order valence-corrected chi connectivity index (χ1v) is 19.9. The van der Waals surface area contributed by atoms with Crippen molar-refractivity contribution in [2.24, 2.45) is 0 Å². The summed E-state index contributed by atoms with van der Waals surface area (Å²) < 4.78 is 11.0. The van der Waals surface area contributed by atoms with Crippen LogP contribution in [0.3, 0.4) is 0 Å². The van der Waals surface area contributed by atoms with Gasteiger partial charge in [-0.25, -0.2) is 4.98 Å². The van der Waals surface area contributed by atoms with Gasteiger partial charge in [-0.2, -0.15) is 16.7 Å². The largest absolute Gasteiger partial charge is 2.00 e. The van der Waals surface area contributed by atoms with E-state index in [-0.39, 0.29) is 27.0 Å². The Morgan fingerprint density at radius 3 is 1.92 bits per heavy atom. The summed E-state index contributed by atoms with van der Waals surface area (Å²) in [5.41, 5.74) is 13.6. The summed E-state index contributed by atoms with van der Waals surface area (Å²) in [6.07, 6.45) is 1.85. The van der Waals surface area contributed by atoms with E-state index in [2.05, 4.69) is 194 Å². The smallest absolute Gasteiger partial charge is 0.509 e. The molecule has 0 aliphatic rings. The second kappa shape index (κ2) is 16.4. The van der Waals surface area contributed by atoms with Crippen molar-refractivity contribution >= 4 is 21.8 Å². The van der Waals surface area contributed by atoms with E-state index < -0.39 is 0 Å². The average Bonchev–Trinajstić information content (AvgIpc) is 3.81. The Bertz CT molecular complexity index is 3060. The number of fused-ring (bicyclic) bond motifs is 3. The molecule has 0 fully saturated rings. The fraction of sp³-hybridized carbons (Fsp3) is 0.0741. The molecule has 0 spiro atoms. The van der Waals surface area contributed by atoms with Gasteiger partial charge in [0.1, 0.15) is 11.5 Å². The maximum absolute atomic E-state index is 6.74. The molecular formula is C54H40N4OPt. The van der Waals surface area contributed by atoms with Gasteiger partial charge in [-0.05, 0) is 65.4 Å². The average molecular weight is 956 g/mol. The number of nitrogens with zero attached hydrogens (tertiary/aromatic N) is 4. The Morgan fingerprint density at radius 2 is 1.22 bits per heavy atom. The minimum atomic E-state index is -0.162. The number of aromatic nitrogens is 4. The van der Waals surface area contributed by atoms with Crippen LogP contribution < -0.4 is 4.74 Å². The Kier molecular flexibility index (Phi) is 10.6. The van der Waals surface area contributed by atoms with E-state index in [9.17, 15) is 0 Å². The summed E-state index contributed by atoms with van der Waals surface area (Å²) in [6, 6.07) is 68.8. The van der Waals surface area contributed by atoms with E-state index in [0.717, 1.165) is 72.5 Å². The Hall–Kier alpha value is -6.81. The van der Waals surface area contributed by atoms with Crippen molar-refractivity contribution in [2.45, 2.75) is 26.7 Å². The van der Waals surface area contributed by atoms with Crippen molar-refractivity contribution in [3.05, 3.63) is 228 Å². The molecule has 3 heterocycles. The summed E-state index contributed by atoms with van der Waals surface area (Å²) in [7, 11) is 0. The van der Waals surface area contributed by atoms with Crippen LogP contribution in [0, 0.1) is 32.9 Å². The summed E-state index contributed by atoms with van der Waals surface area (Å²) in [4.78, 5) is 4.76. The maximum Gasteiger partial charge on any atom is 2.00 e. The predicted molar refractivity (Wildman–Crippen MR) is 239 cm³/mol. The molecule has 6 heteroatoms. The summed E-state index contributed by atoms with van der Waals surface area (Å²) in [6.45, 7) is 6.30. The molecule has 5 nitrogen and oxygen atoms in total. The third-order valence-corrected chi connectivity index (χ3v) is 11.0. The number of hydrogen-bond acceptors (Lipinski definition) is 3. The fourth-order valence-electron chi connectivity index (χ4n) is 8.25. The third kappa shape index (κ3) is 7.27. The van der Waals surface area contributed by atoms with Gasteiger partial charge in [-0.1, -0.05) is 151 Å². The van der Waals surface area contributed by atoms with E-state index in [1.807, 2.05) is 30.5 Å². The number of para-hydroxylation sites is 1. The van der Waals surface area contributed by atoms with Crippen molar-refractivity contribution in [2.75, 3.05) is 0 Å². The van der Waals surface area contributed by atoms with Crippen LogP contribution in [0.25, 0.3) is 55.7 Å². The fourth-order valence-corrected chi connectivity index (χ4v) is 8.25. The molecule has 0 bridgehead atoms. The topological polar surface area (TPSA) is 44.9 Å². The van der Waals surface area contributed by atoms with Crippen LogP contribution in [0.4, 0.5) is 0 Å². The van der Waals surface area contributed by atoms with Gasteiger partial charge in [0.05, 0.1) is 11.6 Å². The van der Waals surface area contributed by atoms with Crippen molar-refractivity contribution in [1.29, 1.82) is 0 Å². The molecule has 0 saturated carbocycles. The third-order valence-electron chi connectivity index (χ3n) is 11.0. The Labute approximate surface area is 364 Å². The van der Waals surface area contributed by atoms with Gasteiger partial charge in [0.25, 0.3) is 0 Å². The number of pyridine rings is 1. The molecule has 292 valence electrons. The van der Waals surface area contributed by atoms with Gasteiger partial charge < -0.3 is 9.30 Å². The number of hydrogen-bond donors (Lipinski definition) is 0. The zero-order chi connectivity index (χ0) is 39.9. The second-order valence-corrected chi connectivity index (χ2v) is 15.1. The standard InChI is InChI=1S/C54H40N4O.Pt/c1-36-23-25-41(26-24-36)52-53(42-19-11-6-12-20-42)56-58(54(52)51(39-15-7-4-8-16-39)40-17-9-5-10-18-40)43-31-38(3)32-45(34-43)59-44-27-28-47-46-21-13-14-22-48(46)57(49(47)35-44)50-33-37(2)29-30-55-50;/h4-33,51H,1-3H3;/q-2;+2. The summed E-state index contributed by atoms with van der Waals surface area (Å²) in [5, 5.41) is 7.75. The van der Waals surface area contributed by atoms with E-state index in [4.69, 9.17) is 14.8 Å². The number of ether oxygens (including phenoxy) is 1. The van der Waals surface area contributed by atoms with E-state index >= 15 is 0 Å². The molecule has 10 rings (SSSR count). The normalized spacial score (nSPS) is 11.3. The number of benzene rings is 7. The second-order valence-electron chi connectivity index (χ2n) is 15.1. The van der Waals surface area contributed by atoms with Crippen molar-refractivity contribution < 1.29 is 25.8 Å². The SMILES string of the molecule is Cc1ccc(-c2c(-c3ccccc3)nn(-c3[c-]c(Oc4[c-]c5c(cc4)c4ccccc4n5-c4cc(C)ccn4)cc(C)c3)c2C(c2ccccc2)c2ccccc2)cc1.[Pt+2]. The van der Waals surface area contributed by atoms with Crippen molar-refractivity contribution in [3.63, 3.8) is 0 Å². The molecule has 0 aliphatic heterocycles. The van der Waals surface area contributed by atoms with Gasteiger partial charge >= 0.3 is 21.1 Å². The summed E-state index contributed by atoms with van der Waals surface area (Å²) >= 11 is 0. The Balaban J connectivity index is 0.00000462. The van der Waals surface area contributed by atoms with Gasteiger partial charge in [-0.15, -0.1) is 35.7 Å². The molecule has 3 aromatic heterocycles. The van der Waals surface area contributed by atoms with Crippen LogP contribution in [0.2, 0.25) is 0 Å². The molecule has 0 aliphatic carbocycles. The molecule has 0 unspecified atom stereocenters. The molecule has 0 atom stereocenters. The first-order chi connectivity index (χ1) is 29.0. The van der Waals surface area contributed by atoms with Crippen LogP contribution in [0.5, 0.6) is 11.5 Å². The molecule has 0 N–H and O–H groups in total. The van der Waals surface area contributed by atoms with Gasteiger partial charge in [0, 0.05) is 34.3 Å². The first-order valence-electron chi connectivity index (χ1n) is 19.9. The zero-order valence-electron chi connectivity index (χ0n) is 33.4. The van der Waals surface area contributed by atoms with Gasteiger partial charge in [0.15, 0.2) is 0 Å². The van der Waals surface area contributed by atoms with Crippen LogP contribution in [0.1, 0.15) is 39.4 Å². The van der Waals surface area contributed by atoms with Gasteiger partial charge in [0.2, 0.25) is 0 Å². The first kappa shape index (κ1) is 38.7. The molecular weight excluding hydrogens is 916 g/mol. The van der Waals surface area contributed by atoms with E-state index in [1.165, 1.54) is 16.7 Å². The number of aryl methyl sites for hydroxylation is 3. The monoisotopic (exact) mass is 955 g/mol. The van der Waals surface area contributed by atoms with Crippen molar-refractivity contribution in [3.8, 4) is 45.4 Å². The minimum Gasteiger partial charge on any atom is -0.509 e. The predicted octanol–water partition coefficient (Wildman–Crippen LogP) is 13.2. The van der Waals surface area contributed by atoms with E-state index in [0.29, 0.717) is 11.5 Å². The summed E-state index contributed by atoms with van der Waals surface area (Å²) in [5.74, 6) is 1.83. The van der Waals surface area contributed by atoms with Gasteiger partial charge in [-0.3, -0.25) is 4.68 Å². The molecule has 60 heavy (non-hydrogen) atoms. The number of rotatable bonds is 9. The maximum atomic E-state index is 6.74.